The summed E-state index contributed by atoms with van der Waals surface area (Å²) in [5.41, 5.74) is 5.51. The van der Waals surface area contributed by atoms with Crippen molar-refractivity contribution in [3.05, 3.63) is 82.9 Å². The Morgan fingerprint density at radius 1 is 0.806 bits per heavy atom. The van der Waals surface area contributed by atoms with Crippen molar-refractivity contribution in [3.8, 4) is 0 Å². The van der Waals surface area contributed by atoms with Crippen molar-refractivity contribution < 1.29 is 30.6 Å². The molecule has 0 bridgehead atoms. The van der Waals surface area contributed by atoms with Crippen molar-refractivity contribution >= 4 is 45.3 Å². The van der Waals surface area contributed by atoms with E-state index in [1.54, 1.807) is 0 Å². The second-order valence-electron chi connectivity index (χ2n) is 9.84. The van der Waals surface area contributed by atoms with E-state index in [0.717, 1.165) is 0 Å². The molecule has 1 aliphatic heterocycles. The van der Waals surface area contributed by atoms with Crippen LogP contribution in [0.5, 0.6) is 0 Å². The summed E-state index contributed by atoms with van der Waals surface area (Å²) in [5.74, 6) is 0.759. The number of allylic oxidation sites excluding steroid dienone is 2. The zero-order chi connectivity index (χ0) is 19.6. The van der Waals surface area contributed by atoms with Crippen molar-refractivity contribution in [1.82, 2.24) is 0 Å². The molecule has 5 heteroatoms. The maximum atomic E-state index is 7.00. The molecule has 2 aliphatic carbocycles. The Morgan fingerprint density at radius 3 is 1.71 bits per heavy atom. The molecular formula is C26H32Cl2OSiZr. The fourth-order valence-electron chi connectivity index (χ4n) is 6.30. The predicted octanol–water partition coefficient (Wildman–Crippen LogP) is 7.84. The van der Waals surface area contributed by atoms with Crippen LogP contribution in [0.2, 0.25) is 19.1 Å². The quantitative estimate of drug-likeness (QED) is 0.346. The predicted molar refractivity (Wildman–Crippen MR) is 135 cm³/mol. The van der Waals surface area contributed by atoms with Crippen molar-refractivity contribution in [3.63, 3.8) is 0 Å². The van der Waals surface area contributed by atoms with Gasteiger partial charge in [0, 0.05) is 43.5 Å². The van der Waals surface area contributed by atoms with Gasteiger partial charge in [-0.2, -0.15) is 0 Å². The molecule has 0 aromatic heterocycles. The molecule has 0 saturated carbocycles. The Balaban J connectivity index is 0.00000114. The van der Waals surface area contributed by atoms with Gasteiger partial charge in [0.05, 0.1) is 5.60 Å². The van der Waals surface area contributed by atoms with E-state index in [9.17, 15) is 0 Å². The summed E-state index contributed by atoms with van der Waals surface area (Å²) in [6.07, 6.45) is 10.8. The van der Waals surface area contributed by atoms with Gasteiger partial charge < -0.3 is 4.43 Å². The van der Waals surface area contributed by atoms with E-state index in [1.165, 1.54) is 34.7 Å². The van der Waals surface area contributed by atoms with E-state index >= 15 is 0 Å². The standard InChI is InChI=1S/C26H30OSi.2ClH.Zr/c1-25(2)26(17-18-28(3,4)27-25,23-15-13-19-9-5-7-11-21(19)23)24-16-14-20-10-6-8-12-22(20)24;;;/h5-16,23-24H,17-18H2,1-4H3;2*1H;. The Kier molecular flexibility index (Phi) is 8.16. The topological polar surface area (TPSA) is 9.23 Å². The first-order chi connectivity index (χ1) is 13.3. The van der Waals surface area contributed by atoms with Crippen LogP contribution in [-0.2, 0) is 30.6 Å². The fraction of sp³-hybridized carbons (Fsp3) is 0.385. The van der Waals surface area contributed by atoms with E-state index in [1.807, 2.05) is 0 Å². The normalized spacial score (nSPS) is 28.5. The van der Waals surface area contributed by atoms with Crippen LogP contribution in [0.3, 0.4) is 0 Å². The second-order valence-corrected chi connectivity index (χ2v) is 14.1. The van der Waals surface area contributed by atoms with E-state index in [4.69, 9.17) is 4.43 Å². The molecule has 2 aromatic carbocycles. The number of hydrogen-bond donors (Lipinski definition) is 0. The Labute approximate surface area is 219 Å². The molecule has 2 unspecified atom stereocenters. The largest absolute Gasteiger partial charge is 0.412 e. The van der Waals surface area contributed by atoms with Crippen LogP contribution < -0.4 is 0 Å². The number of halogens is 2. The summed E-state index contributed by atoms with van der Waals surface area (Å²) >= 11 is 0. The van der Waals surface area contributed by atoms with Gasteiger partial charge in [-0.1, -0.05) is 72.8 Å². The van der Waals surface area contributed by atoms with Gasteiger partial charge in [0.2, 0.25) is 0 Å². The number of benzene rings is 2. The van der Waals surface area contributed by atoms with E-state index in [0.29, 0.717) is 11.8 Å². The molecule has 0 amide bonds. The van der Waals surface area contributed by atoms with Crippen LogP contribution in [0.15, 0.2) is 60.7 Å². The molecule has 5 rings (SSSR count). The van der Waals surface area contributed by atoms with Gasteiger partial charge in [-0.25, -0.2) is 0 Å². The van der Waals surface area contributed by atoms with E-state index < -0.39 is 8.32 Å². The molecule has 0 spiro atoms. The maximum Gasteiger partial charge on any atom is 0.187 e. The molecule has 0 N–H and O–H groups in total. The van der Waals surface area contributed by atoms with Crippen LogP contribution in [0, 0.1) is 5.41 Å². The first-order valence-corrected chi connectivity index (χ1v) is 13.7. The van der Waals surface area contributed by atoms with Crippen LogP contribution in [0.25, 0.3) is 12.2 Å². The maximum absolute atomic E-state index is 7.00. The van der Waals surface area contributed by atoms with Crippen LogP contribution in [-0.4, -0.2) is 13.9 Å². The summed E-state index contributed by atoms with van der Waals surface area (Å²) in [6.45, 7) is 9.50. The monoisotopic (exact) mass is 548 g/mol. The fourth-order valence-corrected chi connectivity index (χ4v) is 8.99. The number of hydrogen-bond acceptors (Lipinski definition) is 1. The van der Waals surface area contributed by atoms with Gasteiger partial charge in [-0.05, 0) is 61.7 Å². The summed E-state index contributed by atoms with van der Waals surface area (Å²) < 4.78 is 7.00. The van der Waals surface area contributed by atoms with Crippen molar-refractivity contribution in [2.24, 2.45) is 5.41 Å². The average molecular weight is 551 g/mol. The van der Waals surface area contributed by atoms with Crippen LogP contribution in [0.4, 0.5) is 0 Å². The van der Waals surface area contributed by atoms with Gasteiger partial charge in [-0.15, -0.1) is 24.8 Å². The number of fused-ring (bicyclic) bond motifs is 2. The minimum atomic E-state index is -1.65. The van der Waals surface area contributed by atoms with Gasteiger partial charge in [-0.3, -0.25) is 0 Å². The molecule has 31 heavy (non-hydrogen) atoms. The Morgan fingerprint density at radius 2 is 1.26 bits per heavy atom. The summed E-state index contributed by atoms with van der Waals surface area (Å²) in [7, 11) is -1.65. The Hall–Kier alpha value is -0.440. The first kappa shape index (κ1) is 26.8. The van der Waals surface area contributed by atoms with Crippen LogP contribution >= 0.6 is 24.8 Å². The zero-order valence-electron chi connectivity index (χ0n) is 18.7. The minimum Gasteiger partial charge on any atom is -0.412 e. The summed E-state index contributed by atoms with van der Waals surface area (Å²) in [4.78, 5) is 0. The smallest absolute Gasteiger partial charge is 0.187 e. The van der Waals surface area contributed by atoms with E-state index in [-0.39, 0.29) is 62.0 Å². The average Bonchev–Trinajstić information content (AvgIpc) is 3.26. The van der Waals surface area contributed by atoms with Gasteiger partial charge in [0.15, 0.2) is 8.32 Å². The van der Waals surface area contributed by atoms with Crippen molar-refractivity contribution in [2.45, 2.75) is 56.8 Å². The van der Waals surface area contributed by atoms with Crippen LogP contribution in [0.1, 0.15) is 54.4 Å². The van der Waals surface area contributed by atoms with Gasteiger partial charge in [0.1, 0.15) is 0 Å². The van der Waals surface area contributed by atoms with Gasteiger partial charge >= 0.3 is 0 Å². The SMILES string of the molecule is CC1(C)O[Si](C)(C)CCC1(C1C=Cc2ccccc21)C1C=Cc2ccccc21.Cl.Cl.[Zr]. The molecule has 1 fully saturated rings. The molecule has 1 heterocycles. The third-order valence-electron chi connectivity index (χ3n) is 7.50. The molecule has 2 aromatic rings. The summed E-state index contributed by atoms with van der Waals surface area (Å²) in [5, 5.41) is 0. The van der Waals surface area contributed by atoms with E-state index in [2.05, 4.69) is 99.8 Å². The van der Waals surface area contributed by atoms with Gasteiger partial charge in [0.25, 0.3) is 0 Å². The van der Waals surface area contributed by atoms with Crippen molar-refractivity contribution in [1.29, 1.82) is 0 Å². The molecular weight excluding hydrogens is 519 g/mol. The first-order valence-electron chi connectivity index (χ1n) is 10.6. The molecule has 2 atom stereocenters. The minimum absolute atomic E-state index is 0. The molecule has 1 nitrogen and oxygen atoms in total. The third kappa shape index (κ3) is 4.15. The van der Waals surface area contributed by atoms with Crippen molar-refractivity contribution in [2.75, 3.05) is 0 Å². The third-order valence-corrected chi connectivity index (χ3v) is 10.0. The summed E-state index contributed by atoms with van der Waals surface area (Å²) in [6, 6.07) is 19.1. The number of rotatable bonds is 2. The second kappa shape index (κ2) is 9.43. The Bertz CT molecular complexity index is 937. The molecule has 1 saturated heterocycles. The molecule has 164 valence electrons. The molecule has 0 radical (unpaired) electrons. The molecule has 3 aliphatic rings. The zero-order valence-corrected chi connectivity index (χ0v) is 23.8.